The zero-order chi connectivity index (χ0) is 22.8. The van der Waals surface area contributed by atoms with Crippen molar-refractivity contribution in [3.8, 4) is 11.3 Å². The van der Waals surface area contributed by atoms with Gasteiger partial charge in [-0.3, -0.25) is 4.79 Å². The van der Waals surface area contributed by atoms with Crippen molar-refractivity contribution in [2.24, 2.45) is 0 Å². The van der Waals surface area contributed by atoms with Crippen LogP contribution in [-0.2, 0) is 11.2 Å². The lowest BCUT2D eigenvalue weighted by Gasteiger charge is -2.35. The number of piperazine rings is 1. The monoisotopic (exact) mass is 459 g/mol. The number of benzene rings is 2. The first-order valence-electron chi connectivity index (χ1n) is 11.2. The van der Waals surface area contributed by atoms with Crippen LogP contribution in [0.4, 0.5) is 5.82 Å². The molecule has 33 heavy (non-hydrogen) atoms. The van der Waals surface area contributed by atoms with Crippen molar-refractivity contribution in [3.05, 3.63) is 77.1 Å². The second-order valence-corrected chi connectivity index (χ2v) is 8.94. The number of anilines is 1. The van der Waals surface area contributed by atoms with Crippen molar-refractivity contribution in [1.29, 1.82) is 0 Å². The number of nitrogens with one attached hydrogen (secondary N) is 1. The molecule has 1 amide bonds. The average Bonchev–Trinajstić information content (AvgIpc) is 3.28. The first-order chi connectivity index (χ1) is 16.1. The zero-order valence-corrected chi connectivity index (χ0v) is 19.3. The number of fused-ring (bicyclic) bond motifs is 1. The SMILES string of the molecule is Cc1ccc(CCC(=O)N2CCN(c3ncnc4[nH]c(-c5ccc(Cl)cc5)cc34)CC2)cc1. The Morgan fingerprint density at radius 1 is 1.00 bits per heavy atom. The molecule has 7 heteroatoms. The first-order valence-corrected chi connectivity index (χ1v) is 11.6. The summed E-state index contributed by atoms with van der Waals surface area (Å²) < 4.78 is 0. The van der Waals surface area contributed by atoms with Crippen LogP contribution < -0.4 is 4.90 Å². The van der Waals surface area contributed by atoms with E-state index in [0.717, 1.165) is 47.6 Å². The molecule has 2 aromatic carbocycles. The Morgan fingerprint density at radius 3 is 2.45 bits per heavy atom. The Balaban J connectivity index is 1.25. The predicted octanol–water partition coefficient (Wildman–Crippen LogP) is 4.87. The maximum absolute atomic E-state index is 12.7. The van der Waals surface area contributed by atoms with Gasteiger partial charge in [-0.2, -0.15) is 0 Å². The molecule has 0 spiro atoms. The third-order valence-corrected chi connectivity index (χ3v) is 6.49. The summed E-state index contributed by atoms with van der Waals surface area (Å²) in [5.74, 6) is 1.12. The van der Waals surface area contributed by atoms with Gasteiger partial charge in [-0.05, 0) is 42.7 Å². The van der Waals surface area contributed by atoms with Gasteiger partial charge in [0.1, 0.15) is 17.8 Å². The summed E-state index contributed by atoms with van der Waals surface area (Å²) in [5, 5.41) is 1.70. The molecular weight excluding hydrogens is 434 g/mol. The molecule has 168 valence electrons. The number of carbonyl (C=O) groups is 1. The Hall–Kier alpha value is -3.38. The minimum Gasteiger partial charge on any atom is -0.352 e. The highest BCUT2D eigenvalue weighted by Crippen LogP contribution is 2.29. The molecule has 0 atom stereocenters. The van der Waals surface area contributed by atoms with Crippen molar-refractivity contribution in [1.82, 2.24) is 19.9 Å². The number of amides is 1. The molecule has 0 unspecified atom stereocenters. The van der Waals surface area contributed by atoms with E-state index in [1.165, 1.54) is 11.1 Å². The van der Waals surface area contributed by atoms with Crippen LogP contribution in [0.2, 0.25) is 5.02 Å². The molecule has 0 aliphatic carbocycles. The van der Waals surface area contributed by atoms with Gasteiger partial charge in [0.05, 0.1) is 5.39 Å². The number of hydrogen-bond donors (Lipinski definition) is 1. The fraction of sp³-hybridized carbons (Fsp3) is 0.269. The zero-order valence-electron chi connectivity index (χ0n) is 18.6. The fourth-order valence-corrected chi connectivity index (χ4v) is 4.42. The van der Waals surface area contributed by atoms with Crippen LogP contribution in [-0.4, -0.2) is 51.9 Å². The van der Waals surface area contributed by atoms with E-state index in [-0.39, 0.29) is 5.91 Å². The van der Waals surface area contributed by atoms with Gasteiger partial charge >= 0.3 is 0 Å². The molecule has 0 bridgehead atoms. The van der Waals surface area contributed by atoms with Gasteiger partial charge in [0, 0.05) is 43.3 Å². The summed E-state index contributed by atoms with van der Waals surface area (Å²) in [5.41, 5.74) is 5.28. The third kappa shape index (κ3) is 4.71. The van der Waals surface area contributed by atoms with E-state index in [9.17, 15) is 4.79 Å². The van der Waals surface area contributed by atoms with Crippen LogP contribution in [0.5, 0.6) is 0 Å². The fourth-order valence-electron chi connectivity index (χ4n) is 4.30. The van der Waals surface area contributed by atoms with Gasteiger partial charge in [-0.1, -0.05) is 53.6 Å². The number of hydrogen-bond acceptors (Lipinski definition) is 4. The lowest BCUT2D eigenvalue weighted by Crippen LogP contribution is -2.49. The molecular formula is C26H26ClN5O. The van der Waals surface area contributed by atoms with E-state index in [4.69, 9.17) is 11.6 Å². The van der Waals surface area contributed by atoms with Crippen molar-refractivity contribution < 1.29 is 4.79 Å². The lowest BCUT2D eigenvalue weighted by molar-refractivity contribution is -0.131. The maximum atomic E-state index is 12.7. The van der Waals surface area contributed by atoms with Crippen LogP contribution in [0.25, 0.3) is 22.3 Å². The van der Waals surface area contributed by atoms with E-state index < -0.39 is 0 Å². The molecule has 1 fully saturated rings. The topological polar surface area (TPSA) is 65.1 Å². The van der Waals surface area contributed by atoms with Gasteiger partial charge in [0.15, 0.2) is 0 Å². The highest BCUT2D eigenvalue weighted by atomic mass is 35.5. The summed E-state index contributed by atoms with van der Waals surface area (Å²) in [7, 11) is 0. The molecule has 5 rings (SSSR count). The molecule has 1 saturated heterocycles. The van der Waals surface area contributed by atoms with E-state index in [2.05, 4.69) is 57.1 Å². The molecule has 0 saturated carbocycles. The maximum Gasteiger partial charge on any atom is 0.223 e. The number of carbonyl (C=O) groups excluding carboxylic acids is 1. The number of H-pyrrole nitrogens is 1. The number of aromatic amines is 1. The quantitative estimate of drug-likeness (QED) is 0.462. The number of halogens is 1. The predicted molar refractivity (Wildman–Crippen MR) is 133 cm³/mol. The summed E-state index contributed by atoms with van der Waals surface area (Å²) in [4.78, 5) is 29.3. The number of rotatable bonds is 5. The van der Waals surface area contributed by atoms with Gasteiger partial charge < -0.3 is 14.8 Å². The van der Waals surface area contributed by atoms with E-state index in [0.29, 0.717) is 24.5 Å². The Bertz CT molecular complexity index is 1260. The summed E-state index contributed by atoms with van der Waals surface area (Å²) in [6, 6.07) is 18.2. The molecule has 3 heterocycles. The highest BCUT2D eigenvalue weighted by Gasteiger charge is 2.23. The minimum atomic E-state index is 0.217. The lowest BCUT2D eigenvalue weighted by atomic mass is 10.1. The van der Waals surface area contributed by atoms with Gasteiger partial charge in [0.2, 0.25) is 5.91 Å². The Labute approximate surface area is 198 Å². The van der Waals surface area contributed by atoms with Gasteiger partial charge in [0.25, 0.3) is 0 Å². The summed E-state index contributed by atoms with van der Waals surface area (Å²) in [6.45, 7) is 4.98. The summed E-state index contributed by atoms with van der Waals surface area (Å²) >= 11 is 6.03. The molecule has 6 nitrogen and oxygen atoms in total. The Morgan fingerprint density at radius 2 is 1.73 bits per heavy atom. The third-order valence-electron chi connectivity index (χ3n) is 6.24. The second kappa shape index (κ2) is 9.24. The number of aromatic nitrogens is 3. The molecule has 1 aliphatic heterocycles. The molecule has 0 radical (unpaired) electrons. The van der Waals surface area contributed by atoms with Gasteiger partial charge in [-0.25, -0.2) is 9.97 Å². The molecule has 4 aromatic rings. The second-order valence-electron chi connectivity index (χ2n) is 8.50. The largest absolute Gasteiger partial charge is 0.352 e. The van der Waals surface area contributed by atoms with Crippen LogP contribution in [0.3, 0.4) is 0 Å². The number of nitrogens with zero attached hydrogens (tertiary/aromatic N) is 4. The molecule has 1 aliphatic rings. The molecule has 2 aromatic heterocycles. The van der Waals surface area contributed by atoms with E-state index >= 15 is 0 Å². The normalized spacial score (nSPS) is 14.1. The van der Waals surface area contributed by atoms with E-state index in [1.54, 1.807) is 6.33 Å². The minimum absolute atomic E-state index is 0.217. The average molecular weight is 460 g/mol. The van der Waals surface area contributed by atoms with Crippen LogP contribution >= 0.6 is 11.6 Å². The van der Waals surface area contributed by atoms with Crippen LogP contribution in [0.1, 0.15) is 17.5 Å². The Kier molecular flexibility index (Phi) is 6.01. The first kappa shape index (κ1) is 21.5. The van der Waals surface area contributed by atoms with Crippen molar-refractivity contribution in [2.45, 2.75) is 19.8 Å². The molecule has 1 N–H and O–H groups in total. The van der Waals surface area contributed by atoms with Gasteiger partial charge in [-0.15, -0.1) is 0 Å². The van der Waals surface area contributed by atoms with Crippen molar-refractivity contribution in [2.75, 3.05) is 31.1 Å². The standard InChI is InChI=1S/C26H26ClN5O/c1-18-2-4-19(5-3-18)6-11-24(33)31-12-14-32(15-13-31)26-22-16-23(30-25(22)28-17-29-26)20-7-9-21(27)10-8-20/h2-5,7-10,16-17H,6,11-15H2,1H3,(H,28,29,30). The summed E-state index contributed by atoms with van der Waals surface area (Å²) in [6.07, 6.45) is 2.92. The highest BCUT2D eigenvalue weighted by molar-refractivity contribution is 6.30. The van der Waals surface area contributed by atoms with Crippen molar-refractivity contribution >= 4 is 34.4 Å². The van der Waals surface area contributed by atoms with E-state index in [1.807, 2.05) is 29.2 Å². The smallest absolute Gasteiger partial charge is 0.223 e. The van der Waals surface area contributed by atoms with Crippen LogP contribution in [0.15, 0.2) is 60.9 Å². The van der Waals surface area contributed by atoms with Crippen LogP contribution in [0, 0.1) is 6.92 Å². The number of aryl methyl sites for hydroxylation is 2. The van der Waals surface area contributed by atoms with Crippen molar-refractivity contribution in [3.63, 3.8) is 0 Å².